The standard InChI is InChI=1S/C28H29N3O4/c1-19-8-7-9-22(14-19)35-18-21(32)17-31-24-11-4-3-10-23(24)29-28(31)20-15-27(33)30(16-20)25-12-5-6-13-26(25)34-2/h3-14,20-21,32H,15-18H2,1-2H3/t20-,21-/m1/s1. The molecule has 0 radical (unpaired) electrons. The third-order valence-electron chi connectivity index (χ3n) is 6.38. The fraction of sp³-hybridized carbons (Fsp3) is 0.286. The van der Waals surface area contributed by atoms with Crippen LogP contribution < -0.4 is 14.4 Å². The van der Waals surface area contributed by atoms with Crippen molar-refractivity contribution >= 4 is 22.6 Å². The van der Waals surface area contributed by atoms with Crippen molar-refractivity contribution in [2.45, 2.75) is 31.9 Å². The van der Waals surface area contributed by atoms with Gasteiger partial charge in [0.15, 0.2) is 0 Å². The van der Waals surface area contributed by atoms with Crippen LogP contribution in [0, 0.1) is 6.92 Å². The van der Waals surface area contributed by atoms with Crippen LogP contribution in [0.25, 0.3) is 11.0 Å². The van der Waals surface area contributed by atoms with Crippen molar-refractivity contribution in [1.29, 1.82) is 0 Å². The van der Waals surface area contributed by atoms with E-state index in [1.807, 2.05) is 84.3 Å². The van der Waals surface area contributed by atoms with E-state index in [0.29, 0.717) is 25.3 Å². The summed E-state index contributed by atoms with van der Waals surface area (Å²) < 4.78 is 13.3. The number of benzene rings is 3. The maximum atomic E-state index is 13.0. The van der Waals surface area contributed by atoms with E-state index < -0.39 is 6.10 Å². The Balaban J connectivity index is 1.39. The summed E-state index contributed by atoms with van der Waals surface area (Å²) in [4.78, 5) is 19.7. The molecule has 0 bridgehead atoms. The summed E-state index contributed by atoms with van der Waals surface area (Å²) in [6, 6.07) is 23.2. The van der Waals surface area contributed by atoms with E-state index in [9.17, 15) is 9.90 Å². The van der Waals surface area contributed by atoms with E-state index in [2.05, 4.69) is 0 Å². The average molecular weight is 472 g/mol. The molecular weight excluding hydrogens is 442 g/mol. The number of fused-ring (bicyclic) bond motifs is 1. The first kappa shape index (κ1) is 22.9. The molecular formula is C28H29N3O4. The van der Waals surface area contributed by atoms with Gasteiger partial charge in [0, 0.05) is 18.9 Å². The fourth-order valence-corrected chi connectivity index (χ4v) is 4.72. The zero-order chi connectivity index (χ0) is 24.4. The predicted octanol–water partition coefficient (Wildman–Crippen LogP) is 4.31. The number of carbonyl (C=O) groups excluding carboxylic acids is 1. The number of rotatable bonds is 8. The van der Waals surface area contributed by atoms with Gasteiger partial charge in [-0.1, -0.05) is 36.4 Å². The lowest BCUT2D eigenvalue weighted by atomic mass is 10.1. The van der Waals surface area contributed by atoms with Crippen LogP contribution in [0.3, 0.4) is 0 Å². The van der Waals surface area contributed by atoms with Gasteiger partial charge in [0.25, 0.3) is 0 Å². The number of methoxy groups -OCH3 is 1. The van der Waals surface area contributed by atoms with Gasteiger partial charge in [-0.3, -0.25) is 4.79 Å². The summed E-state index contributed by atoms with van der Waals surface area (Å²) >= 11 is 0. The number of ether oxygens (including phenoxy) is 2. The Hall–Kier alpha value is -3.84. The number of imidazole rings is 1. The SMILES string of the molecule is COc1ccccc1N1C[C@H](c2nc3ccccc3n2C[C@@H](O)COc2cccc(C)c2)CC1=O. The number of anilines is 1. The molecule has 3 aromatic carbocycles. The van der Waals surface area contributed by atoms with Crippen molar-refractivity contribution < 1.29 is 19.4 Å². The van der Waals surface area contributed by atoms with Crippen molar-refractivity contribution in [2.24, 2.45) is 0 Å². The molecule has 5 rings (SSSR count). The number of para-hydroxylation sites is 4. The molecule has 7 nitrogen and oxygen atoms in total. The zero-order valence-electron chi connectivity index (χ0n) is 19.9. The molecule has 0 aliphatic carbocycles. The molecule has 1 fully saturated rings. The Kier molecular flexibility index (Phi) is 6.42. The van der Waals surface area contributed by atoms with Crippen LogP contribution in [0.1, 0.15) is 23.7 Å². The Morgan fingerprint density at radius 1 is 1.09 bits per heavy atom. The van der Waals surface area contributed by atoms with Crippen LogP contribution in [-0.4, -0.2) is 46.9 Å². The average Bonchev–Trinajstić information content (AvgIpc) is 3.43. The van der Waals surface area contributed by atoms with Crippen molar-refractivity contribution in [3.63, 3.8) is 0 Å². The minimum Gasteiger partial charge on any atom is -0.495 e. The molecule has 2 atom stereocenters. The van der Waals surface area contributed by atoms with E-state index >= 15 is 0 Å². The minimum atomic E-state index is -0.741. The van der Waals surface area contributed by atoms with Crippen molar-refractivity contribution in [3.8, 4) is 11.5 Å². The molecule has 4 aromatic rings. The van der Waals surface area contributed by atoms with Crippen molar-refractivity contribution in [2.75, 3.05) is 25.2 Å². The first-order valence-electron chi connectivity index (χ1n) is 11.8. The number of nitrogens with zero attached hydrogens (tertiary/aromatic N) is 3. The van der Waals surface area contributed by atoms with Gasteiger partial charge < -0.3 is 24.0 Å². The molecule has 1 aromatic heterocycles. The monoisotopic (exact) mass is 471 g/mol. The molecule has 0 unspecified atom stereocenters. The third kappa shape index (κ3) is 4.72. The van der Waals surface area contributed by atoms with Crippen LogP contribution in [0.4, 0.5) is 5.69 Å². The lowest BCUT2D eigenvalue weighted by Gasteiger charge is -2.20. The van der Waals surface area contributed by atoms with Gasteiger partial charge in [-0.25, -0.2) is 4.98 Å². The summed E-state index contributed by atoms with van der Waals surface area (Å²) in [6.07, 6.45) is -0.397. The minimum absolute atomic E-state index is 0.0291. The fourth-order valence-electron chi connectivity index (χ4n) is 4.72. The molecule has 1 aliphatic rings. The van der Waals surface area contributed by atoms with E-state index in [0.717, 1.165) is 33.9 Å². The highest BCUT2D eigenvalue weighted by atomic mass is 16.5. The molecule has 1 aliphatic heterocycles. The van der Waals surface area contributed by atoms with Crippen LogP contribution in [0.2, 0.25) is 0 Å². The molecule has 1 saturated heterocycles. The molecule has 0 saturated carbocycles. The van der Waals surface area contributed by atoms with Crippen molar-refractivity contribution in [1.82, 2.24) is 9.55 Å². The number of hydrogen-bond donors (Lipinski definition) is 1. The topological polar surface area (TPSA) is 76.8 Å². The van der Waals surface area contributed by atoms with Crippen LogP contribution >= 0.6 is 0 Å². The van der Waals surface area contributed by atoms with Crippen LogP contribution in [-0.2, 0) is 11.3 Å². The second-order valence-electron chi connectivity index (χ2n) is 8.93. The highest BCUT2D eigenvalue weighted by Gasteiger charge is 2.36. The Morgan fingerprint density at radius 2 is 1.89 bits per heavy atom. The summed E-state index contributed by atoms with van der Waals surface area (Å²) in [5.74, 6) is 2.12. The number of aryl methyl sites for hydroxylation is 1. The number of aromatic nitrogens is 2. The van der Waals surface area contributed by atoms with Gasteiger partial charge in [0.2, 0.25) is 5.91 Å². The molecule has 7 heteroatoms. The molecule has 35 heavy (non-hydrogen) atoms. The summed E-state index contributed by atoms with van der Waals surface area (Å²) in [5.41, 5.74) is 3.64. The summed E-state index contributed by atoms with van der Waals surface area (Å²) in [5, 5.41) is 10.9. The highest BCUT2D eigenvalue weighted by Crippen LogP contribution is 2.37. The Bertz CT molecular complexity index is 1350. The van der Waals surface area contributed by atoms with Crippen LogP contribution in [0.5, 0.6) is 11.5 Å². The summed E-state index contributed by atoms with van der Waals surface area (Å²) in [6.45, 7) is 2.98. The van der Waals surface area contributed by atoms with E-state index in [1.165, 1.54) is 0 Å². The van der Waals surface area contributed by atoms with E-state index in [1.54, 1.807) is 12.0 Å². The van der Waals surface area contributed by atoms with Gasteiger partial charge in [0.05, 0.1) is 30.4 Å². The number of hydrogen-bond acceptors (Lipinski definition) is 5. The maximum absolute atomic E-state index is 13.0. The highest BCUT2D eigenvalue weighted by molar-refractivity contribution is 5.97. The van der Waals surface area contributed by atoms with Gasteiger partial charge in [-0.2, -0.15) is 0 Å². The number of amides is 1. The molecule has 0 spiro atoms. The van der Waals surface area contributed by atoms with Gasteiger partial charge in [0.1, 0.15) is 30.0 Å². The molecule has 2 heterocycles. The Morgan fingerprint density at radius 3 is 2.71 bits per heavy atom. The first-order valence-corrected chi connectivity index (χ1v) is 11.8. The lowest BCUT2D eigenvalue weighted by molar-refractivity contribution is -0.117. The molecule has 1 amide bonds. The smallest absolute Gasteiger partial charge is 0.227 e. The van der Waals surface area contributed by atoms with Gasteiger partial charge in [-0.05, 0) is 48.9 Å². The number of aliphatic hydroxyl groups excluding tert-OH is 1. The van der Waals surface area contributed by atoms with E-state index in [4.69, 9.17) is 14.5 Å². The third-order valence-corrected chi connectivity index (χ3v) is 6.38. The van der Waals surface area contributed by atoms with Gasteiger partial charge in [-0.15, -0.1) is 0 Å². The molecule has 180 valence electrons. The first-order chi connectivity index (χ1) is 17.0. The zero-order valence-corrected chi connectivity index (χ0v) is 19.9. The largest absolute Gasteiger partial charge is 0.495 e. The second kappa shape index (κ2) is 9.80. The number of aliphatic hydroxyl groups is 1. The molecule has 1 N–H and O–H groups in total. The van der Waals surface area contributed by atoms with Crippen molar-refractivity contribution in [3.05, 3.63) is 84.2 Å². The second-order valence-corrected chi connectivity index (χ2v) is 8.93. The predicted molar refractivity (Wildman–Crippen MR) is 135 cm³/mol. The van der Waals surface area contributed by atoms with Gasteiger partial charge >= 0.3 is 0 Å². The normalized spacial score (nSPS) is 16.6. The Labute approximate surface area is 204 Å². The van der Waals surface area contributed by atoms with Crippen LogP contribution in [0.15, 0.2) is 72.8 Å². The maximum Gasteiger partial charge on any atom is 0.227 e. The number of carbonyl (C=O) groups is 1. The lowest BCUT2D eigenvalue weighted by Crippen LogP contribution is -2.26. The quantitative estimate of drug-likeness (QED) is 0.414. The van der Waals surface area contributed by atoms with E-state index in [-0.39, 0.29) is 18.4 Å². The summed E-state index contributed by atoms with van der Waals surface area (Å²) in [7, 11) is 1.61.